The molecule has 0 saturated carbocycles. The SMILES string of the molecule is Cc1cn2c(-c3cn[nH]c3)cnc2c(Nc2cc(CNC(C)(C)CO)ns2)n1. The first kappa shape index (κ1) is 18.5. The normalized spacial score (nSPS) is 12.0. The van der Waals surface area contributed by atoms with Crippen LogP contribution in [0.1, 0.15) is 25.2 Å². The van der Waals surface area contributed by atoms with Crippen LogP contribution < -0.4 is 10.6 Å². The zero-order chi connectivity index (χ0) is 19.7. The lowest BCUT2D eigenvalue weighted by molar-refractivity contribution is 0.187. The van der Waals surface area contributed by atoms with Gasteiger partial charge in [-0.25, -0.2) is 9.97 Å². The number of nitrogens with zero attached hydrogens (tertiary/aromatic N) is 5. The number of anilines is 2. The Morgan fingerprint density at radius 3 is 2.93 bits per heavy atom. The second kappa shape index (κ2) is 7.30. The van der Waals surface area contributed by atoms with Crippen molar-refractivity contribution >= 4 is 28.0 Å². The highest BCUT2D eigenvalue weighted by Gasteiger charge is 2.17. The molecule has 0 unspecified atom stereocenters. The van der Waals surface area contributed by atoms with E-state index >= 15 is 0 Å². The number of hydrogen-bond acceptors (Lipinski definition) is 8. The third-order valence-electron chi connectivity index (χ3n) is 4.35. The van der Waals surface area contributed by atoms with E-state index in [1.54, 1.807) is 6.20 Å². The molecule has 0 bridgehead atoms. The third kappa shape index (κ3) is 3.75. The summed E-state index contributed by atoms with van der Waals surface area (Å²) in [6.07, 6.45) is 7.37. The molecule has 9 nitrogen and oxygen atoms in total. The van der Waals surface area contributed by atoms with Crippen molar-refractivity contribution in [1.29, 1.82) is 0 Å². The Balaban J connectivity index is 1.59. The van der Waals surface area contributed by atoms with Gasteiger partial charge < -0.3 is 15.7 Å². The summed E-state index contributed by atoms with van der Waals surface area (Å²) in [6.45, 7) is 6.48. The van der Waals surface area contributed by atoms with Gasteiger partial charge in [0.1, 0.15) is 5.00 Å². The first-order valence-electron chi connectivity index (χ1n) is 8.87. The summed E-state index contributed by atoms with van der Waals surface area (Å²) in [5.41, 5.74) is 4.06. The summed E-state index contributed by atoms with van der Waals surface area (Å²) in [4.78, 5) is 9.15. The topological polar surface area (TPSA) is 116 Å². The summed E-state index contributed by atoms with van der Waals surface area (Å²) in [5, 5.41) is 23.7. The van der Waals surface area contributed by atoms with Crippen molar-refractivity contribution in [1.82, 2.24) is 34.3 Å². The standard InChI is InChI=1S/C18H22N8OS/c1-11-9-26-14(12-5-21-22-6-12)8-19-17(26)16(23-11)24-15-4-13(25-28-15)7-20-18(2,3)10-27/h4-6,8-9,20,27H,7,10H2,1-3H3,(H,21,22)(H,23,24). The van der Waals surface area contributed by atoms with E-state index in [9.17, 15) is 5.11 Å². The molecule has 0 spiro atoms. The van der Waals surface area contributed by atoms with Crippen LogP contribution in [0.4, 0.5) is 10.8 Å². The second-order valence-electron chi connectivity index (χ2n) is 7.26. The molecule has 4 N–H and O–H groups in total. The van der Waals surface area contributed by atoms with Crippen LogP contribution in [0.15, 0.2) is 30.9 Å². The summed E-state index contributed by atoms with van der Waals surface area (Å²) >= 11 is 1.37. The summed E-state index contributed by atoms with van der Waals surface area (Å²) < 4.78 is 6.47. The lowest BCUT2D eigenvalue weighted by Crippen LogP contribution is -2.42. The van der Waals surface area contributed by atoms with Crippen molar-refractivity contribution in [3.05, 3.63) is 42.2 Å². The zero-order valence-corrected chi connectivity index (χ0v) is 16.7. The van der Waals surface area contributed by atoms with Crippen LogP contribution in [0.25, 0.3) is 16.9 Å². The average Bonchev–Trinajstić information content (AvgIpc) is 3.40. The van der Waals surface area contributed by atoms with E-state index in [1.807, 2.05) is 49.8 Å². The molecule has 10 heteroatoms. The average molecular weight is 398 g/mol. The molecule has 4 aromatic heterocycles. The molecule has 4 heterocycles. The smallest absolute Gasteiger partial charge is 0.180 e. The van der Waals surface area contributed by atoms with E-state index < -0.39 is 0 Å². The molecule has 0 aliphatic carbocycles. The van der Waals surface area contributed by atoms with Gasteiger partial charge in [0.2, 0.25) is 0 Å². The number of nitrogens with one attached hydrogen (secondary N) is 3. The Labute approximate surface area is 166 Å². The predicted molar refractivity (Wildman–Crippen MR) is 109 cm³/mol. The van der Waals surface area contributed by atoms with E-state index in [0.29, 0.717) is 12.4 Å². The highest BCUT2D eigenvalue weighted by atomic mass is 32.1. The van der Waals surface area contributed by atoms with Gasteiger partial charge in [-0.05, 0) is 38.4 Å². The maximum Gasteiger partial charge on any atom is 0.180 e. The van der Waals surface area contributed by atoms with Gasteiger partial charge in [-0.1, -0.05) is 0 Å². The fraction of sp³-hybridized carbons (Fsp3) is 0.333. The van der Waals surface area contributed by atoms with Crippen LogP contribution in [-0.4, -0.2) is 46.2 Å². The van der Waals surface area contributed by atoms with Crippen molar-refractivity contribution in [2.75, 3.05) is 11.9 Å². The van der Waals surface area contributed by atoms with Crippen molar-refractivity contribution in [2.45, 2.75) is 32.9 Å². The Bertz CT molecular complexity index is 1080. The lowest BCUT2D eigenvalue weighted by Gasteiger charge is -2.22. The minimum absolute atomic E-state index is 0.0618. The van der Waals surface area contributed by atoms with Gasteiger partial charge in [-0.2, -0.15) is 9.47 Å². The van der Waals surface area contributed by atoms with E-state index in [4.69, 9.17) is 0 Å². The van der Waals surface area contributed by atoms with Crippen molar-refractivity contribution in [3.63, 3.8) is 0 Å². The molecule has 0 amide bonds. The number of imidazole rings is 1. The van der Waals surface area contributed by atoms with Crippen LogP contribution in [0.2, 0.25) is 0 Å². The third-order valence-corrected chi connectivity index (χ3v) is 5.09. The molecule has 0 saturated heterocycles. The molecule has 0 atom stereocenters. The van der Waals surface area contributed by atoms with Gasteiger partial charge >= 0.3 is 0 Å². The van der Waals surface area contributed by atoms with Crippen LogP contribution in [0, 0.1) is 6.92 Å². The minimum Gasteiger partial charge on any atom is -0.394 e. The van der Waals surface area contributed by atoms with Crippen molar-refractivity contribution in [2.24, 2.45) is 0 Å². The Hall–Kier alpha value is -2.82. The molecule has 0 radical (unpaired) electrons. The summed E-state index contributed by atoms with van der Waals surface area (Å²) in [5.74, 6) is 0.675. The summed E-state index contributed by atoms with van der Waals surface area (Å²) in [6, 6.07) is 1.98. The van der Waals surface area contributed by atoms with Gasteiger partial charge in [0.15, 0.2) is 11.5 Å². The fourth-order valence-electron chi connectivity index (χ4n) is 2.75. The number of hydrogen-bond donors (Lipinski definition) is 4. The largest absolute Gasteiger partial charge is 0.394 e. The Morgan fingerprint density at radius 1 is 1.32 bits per heavy atom. The molecule has 146 valence electrons. The fourth-order valence-corrected chi connectivity index (χ4v) is 3.42. The molecular formula is C18H22N8OS. The maximum atomic E-state index is 9.35. The molecule has 28 heavy (non-hydrogen) atoms. The summed E-state index contributed by atoms with van der Waals surface area (Å²) in [7, 11) is 0. The predicted octanol–water partition coefficient (Wildman–Crippen LogP) is 2.49. The van der Waals surface area contributed by atoms with Crippen LogP contribution >= 0.6 is 11.5 Å². The van der Waals surface area contributed by atoms with Crippen LogP contribution in [0.5, 0.6) is 0 Å². The number of aryl methyl sites for hydroxylation is 1. The van der Waals surface area contributed by atoms with Crippen LogP contribution in [-0.2, 0) is 6.54 Å². The number of fused-ring (bicyclic) bond motifs is 1. The van der Waals surface area contributed by atoms with Crippen molar-refractivity contribution < 1.29 is 5.11 Å². The first-order chi connectivity index (χ1) is 13.4. The number of H-pyrrole nitrogens is 1. The first-order valence-corrected chi connectivity index (χ1v) is 9.65. The highest BCUT2D eigenvalue weighted by molar-refractivity contribution is 7.10. The molecule has 4 aromatic rings. The molecule has 4 rings (SSSR count). The van der Waals surface area contributed by atoms with E-state index in [2.05, 4.69) is 35.2 Å². The molecule has 0 aromatic carbocycles. The quantitative estimate of drug-likeness (QED) is 0.378. The maximum absolute atomic E-state index is 9.35. The van der Waals surface area contributed by atoms with Crippen molar-refractivity contribution in [3.8, 4) is 11.3 Å². The van der Waals surface area contributed by atoms with Gasteiger partial charge in [0.05, 0.1) is 36.1 Å². The van der Waals surface area contributed by atoms with Gasteiger partial charge in [0, 0.05) is 30.0 Å². The second-order valence-corrected chi connectivity index (χ2v) is 8.06. The zero-order valence-electron chi connectivity index (χ0n) is 15.9. The van der Waals surface area contributed by atoms with Gasteiger partial charge in [-0.3, -0.25) is 9.50 Å². The van der Waals surface area contributed by atoms with E-state index in [-0.39, 0.29) is 12.1 Å². The highest BCUT2D eigenvalue weighted by Crippen LogP contribution is 2.27. The van der Waals surface area contributed by atoms with Crippen LogP contribution in [0.3, 0.4) is 0 Å². The molecule has 0 aliphatic rings. The van der Waals surface area contributed by atoms with E-state index in [1.165, 1.54) is 11.5 Å². The number of aromatic amines is 1. The monoisotopic (exact) mass is 398 g/mol. The van der Waals surface area contributed by atoms with Gasteiger partial charge in [-0.15, -0.1) is 0 Å². The Morgan fingerprint density at radius 2 is 2.18 bits per heavy atom. The number of aliphatic hydroxyl groups excluding tert-OH is 1. The number of aromatic nitrogens is 6. The number of rotatable bonds is 7. The van der Waals surface area contributed by atoms with Gasteiger partial charge in [0.25, 0.3) is 0 Å². The Kier molecular flexibility index (Phi) is 4.84. The lowest BCUT2D eigenvalue weighted by atomic mass is 10.1. The molecule has 0 aliphatic heterocycles. The molecular weight excluding hydrogens is 376 g/mol. The van der Waals surface area contributed by atoms with E-state index in [0.717, 1.165) is 33.3 Å². The number of aliphatic hydroxyl groups is 1. The molecule has 0 fully saturated rings. The minimum atomic E-state index is -0.346.